The van der Waals surface area contributed by atoms with Crippen LogP contribution in [0.5, 0.6) is 0 Å². The first-order chi connectivity index (χ1) is 9.11. The number of amides is 2. The number of imide groups is 1. The summed E-state index contributed by atoms with van der Waals surface area (Å²) < 4.78 is 0. The summed E-state index contributed by atoms with van der Waals surface area (Å²) in [5.74, 6) is 0.0843. The molecule has 2 atom stereocenters. The van der Waals surface area contributed by atoms with Crippen molar-refractivity contribution in [3.8, 4) is 0 Å². The number of rotatable bonds is 1. The maximum Gasteiger partial charge on any atom is 0.230 e. The van der Waals surface area contributed by atoms with Gasteiger partial charge in [0.05, 0.1) is 6.04 Å². The third kappa shape index (κ3) is 2.31. The van der Waals surface area contributed by atoms with Crippen molar-refractivity contribution in [2.24, 2.45) is 11.1 Å². The summed E-state index contributed by atoms with van der Waals surface area (Å²) in [6.07, 6.45) is 9.62. The molecule has 0 aromatic heterocycles. The van der Waals surface area contributed by atoms with E-state index in [-0.39, 0.29) is 29.3 Å². The molecule has 2 N–H and O–H groups in total. The molecule has 4 heteroatoms. The summed E-state index contributed by atoms with van der Waals surface area (Å²) in [6, 6.07) is -0.0493. The molecule has 0 bridgehead atoms. The zero-order valence-corrected chi connectivity index (χ0v) is 11.6. The van der Waals surface area contributed by atoms with E-state index in [1.54, 1.807) is 0 Å². The van der Waals surface area contributed by atoms with Crippen molar-refractivity contribution in [1.82, 2.24) is 4.90 Å². The van der Waals surface area contributed by atoms with Gasteiger partial charge in [0, 0.05) is 18.9 Å². The summed E-state index contributed by atoms with van der Waals surface area (Å²) in [7, 11) is 0. The SMILES string of the molecule is NC1CCCCC1N1C(=O)CC2(CCCC2)CC1=O. The average molecular weight is 264 g/mol. The molecule has 1 saturated heterocycles. The Kier molecular flexibility index (Phi) is 3.37. The minimum Gasteiger partial charge on any atom is -0.326 e. The van der Waals surface area contributed by atoms with Crippen molar-refractivity contribution in [2.75, 3.05) is 0 Å². The van der Waals surface area contributed by atoms with Crippen molar-refractivity contribution in [1.29, 1.82) is 0 Å². The minimum atomic E-state index is -0.0347. The Morgan fingerprint density at radius 1 is 0.947 bits per heavy atom. The van der Waals surface area contributed by atoms with Crippen molar-refractivity contribution >= 4 is 11.8 Å². The molecule has 1 aliphatic heterocycles. The molecule has 0 aromatic rings. The molecule has 0 radical (unpaired) electrons. The van der Waals surface area contributed by atoms with Crippen LogP contribution in [-0.2, 0) is 9.59 Å². The van der Waals surface area contributed by atoms with Crippen molar-refractivity contribution in [2.45, 2.75) is 76.3 Å². The molecule has 19 heavy (non-hydrogen) atoms. The molecule has 3 rings (SSSR count). The predicted molar refractivity (Wildman–Crippen MR) is 72.2 cm³/mol. The van der Waals surface area contributed by atoms with Gasteiger partial charge in [-0.3, -0.25) is 14.5 Å². The van der Waals surface area contributed by atoms with Crippen LogP contribution in [0.3, 0.4) is 0 Å². The van der Waals surface area contributed by atoms with E-state index in [1.807, 2.05) is 0 Å². The van der Waals surface area contributed by atoms with Gasteiger partial charge >= 0.3 is 0 Å². The van der Waals surface area contributed by atoms with Gasteiger partial charge in [0.15, 0.2) is 0 Å². The van der Waals surface area contributed by atoms with Crippen LogP contribution in [0.1, 0.15) is 64.2 Å². The van der Waals surface area contributed by atoms with Crippen LogP contribution in [0.2, 0.25) is 0 Å². The van der Waals surface area contributed by atoms with E-state index in [0.29, 0.717) is 12.8 Å². The number of hydrogen-bond donors (Lipinski definition) is 1. The highest BCUT2D eigenvalue weighted by atomic mass is 16.2. The lowest BCUT2D eigenvalue weighted by Crippen LogP contribution is -2.58. The van der Waals surface area contributed by atoms with Gasteiger partial charge in [0.1, 0.15) is 0 Å². The maximum absolute atomic E-state index is 12.5. The summed E-state index contributed by atoms with van der Waals surface area (Å²) >= 11 is 0. The number of hydrogen-bond acceptors (Lipinski definition) is 3. The van der Waals surface area contributed by atoms with E-state index in [0.717, 1.165) is 38.5 Å². The monoisotopic (exact) mass is 264 g/mol. The number of nitrogens with zero attached hydrogens (tertiary/aromatic N) is 1. The zero-order chi connectivity index (χ0) is 13.5. The first-order valence-corrected chi connectivity index (χ1v) is 7.72. The quantitative estimate of drug-likeness (QED) is 0.736. The summed E-state index contributed by atoms with van der Waals surface area (Å²) in [4.78, 5) is 26.5. The van der Waals surface area contributed by atoms with Crippen LogP contribution in [0.25, 0.3) is 0 Å². The van der Waals surface area contributed by atoms with Gasteiger partial charge in [0.2, 0.25) is 11.8 Å². The van der Waals surface area contributed by atoms with Crippen molar-refractivity contribution in [3.63, 3.8) is 0 Å². The summed E-state index contributed by atoms with van der Waals surface area (Å²) in [5, 5.41) is 0. The largest absolute Gasteiger partial charge is 0.326 e. The van der Waals surface area contributed by atoms with E-state index >= 15 is 0 Å². The smallest absolute Gasteiger partial charge is 0.230 e. The van der Waals surface area contributed by atoms with Gasteiger partial charge in [-0.25, -0.2) is 0 Å². The Bertz CT molecular complexity index is 368. The highest BCUT2D eigenvalue weighted by molar-refractivity contribution is 5.99. The number of piperidine rings is 1. The van der Waals surface area contributed by atoms with E-state index < -0.39 is 0 Å². The Morgan fingerprint density at radius 2 is 1.53 bits per heavy atom. The van der Waals surface area contributed by atoms with Crippen LogP contribution in [0.15, 0.2) is 0 Å². The molecule has 2 saturated carbocycles. The molecule has 3 aliphatic rings. The summed E-state index contributed by atoms with van der Waals surface area (Å²) in [6.45, 7) is 0. The molecular weight excluding hydrogens is 240 g/mol. The molecule has 0 aromatic carbocycles. The van der Waals surface area contributed by atoms with Crippen LogP contribution in [0.4, 0.5) is 0 Å². The van der Waals surface area contributed by atoms with Gasteiger partial charge < -0.3 is 5.73 Å². The van der Waals surface area contributed by atoms with Crippen LogP contribution >= 0.6 is 0 Å². The Hall–Kier alpha value is -0.900. The fourth-order valence-electron chi connectivity index (χ4n) is 4.32. The molecule has 4 nitrogen and oxygen atoms in total. The fraction of sp³-hybridized carbons (Fsp3) is 0.867. The first kappa shape index (κ1) is 13.1. The number of carbonyl (C=O) groups is 2. The van der Waals surface area contributed by atoms with E-state index in [2.05, 4.69) is 0 Å². The molecule has 2 amide bonds. The van der Waals surface area contributed by atoms with E-state index in [1.165, 1.54) is 17.7 Å². The lowest BCUT2D eigenvalue weighted by atomic mass is 9.75. The van der Waals surface area contributed by atoms with Gasteiger partial charge in [-0.15, -0.1) is 0 Å². The third-order valence-electron chi connectivity index (χ3n) is 5.37. The summed E-state index contributed by atoms with van der Waals surface area (Å²) in [5.41, 5.74) is 6.14. The highest BCUT2D eigenvalue weighted by Gasteiger charge is 2.47. The molecule has 2 aliphatic carbocycles. The topological polar surface area (TPSA) is 63.4 Å². The number of carbonyl (C=O) groups excluding carboxylic acids is 2. The molecule has 1 spiro atoms. The standard InChI is InChI=1S/C15H24N2O2/c16-11-5-1-2-6-12(11)17-13(18)9-15(10-14(17)19)7-3-4-8-15/h11-12H,1-10,16H2. The molecular formula is C15H24N2O2. The van der Waals surface area contributed by atoms with Crippen LogP contribution < -0.4 is 5.73 Å². The third-order valence-corrected chi connectivity index (χ3v) is 5.37. The average Bonchev–Trinajstić information content (AvgIpc) is 2.78. The second-order valence-corrected chi connectivity index (χ2v) is 6.73. The highest BCUT2D eigenvalue weighted by Crippen LogP contribution is 2.47. The number of nitrogens with two attached hydrogens (primary N) is 1. The normalized spacial score (nSPS) is 35.1. The van der Waals surface area contributed by atoms with E-state index in [4.69, 9.17) is 5.73 Å². The molecule has 2 unspecified atom stereocenters. The lowest BCUT2D eigenvalue weighted by Gasteiger charge is -2.43. The molecule has 106 valence electrons. The Labute approximate surface area is 114 Å². The second kappa shape index (κ2) is 4.89. The fourth-order valence-corrected chi connectivity index (χ4v) is 4.32. The van der Waals surface area contributed by atoms with Gasteiger partial charge in [-0.1, -0.05) is 25.7 Å². The molecule has 3 fully saturated rings. The lowest BCUT2D eigenvalue weighted by molar-refractivity contribution is -0.157. The van der Waals surface area contributed by atoms with Crippen molar-refractivity contribution in [3.05, 3.63) is 0 Å². The molecule has 1 heterocycles. The Balaban J connectivity index is 1.76. The van der Waals surface area contributed by atoms with E-state index in [9.17, 15) is 9.59 Å². The zero-order valence-electron chi connectivity index (χ0n) is 11.6. The van der Waals surface area contributed by atoms with Gasteiger partial charge in [-0.05, 0) is 31.1 Å². The van der Waals surface area contributed by atoms with Gasteiger partial charge in [0.25, 0.3) is 0 Å². The minimum absolute atomic E-state index is 0.00340. The van der Waals surface area contributed by atoms with Crippen molar-refractivity contribution < 1.29 is 9.59 Å². The Morgan fingerprint density at radius 3 is 2.11 bits per heavy atom. The van der Waals surface area contributed by atoms with Crippen LogP contribution in [-0.4, -0.2) is 28.8 Å². The van der Waals surface area contributed by atoms with Gasteiger partial charge in [-0.2, -0.15) is 0 Å². The number of likely N-dealkylation sites (tertiary alicyclic amines) is 1. The predicted octanol–water partition coefficient (Wildman–Crippen LogP) is 1.97. The second-order valence-electron chi connectivity index (χ2n) is 6.73. The maximum atomic E-state index is 12.5. The first-order valence-electron chi connectivity index (χ1n) is 7.72. The van der Waals surface area contributed by atoms with Crippen LogP contribution in [0, 0.1) is 5.41 Å².